The molecule has 0 aromatic carbocycles. The van der Waals surface area contributed by atoms with Crippen LogP contribution in [0.3, 0.4) is 0 Å². The lowest BCUT2D eigenvalue weighted by Gasteiger charge is -2.32. The fourth-order valence-electron chi connectivity index (χ4n) is 2.94. The third kappa shape index (κ3) is 2.86. The van der Waals surface area contributed by atoms with Gasteiger partial charge in [-0.05, 0) is 25.7 Å². The Bertz CT molecular complexity index is 286. The molecule has 0 radical (unpaired) electrons. The van der Waals surface area contributed by atoms with E-state index in [-0.39, 0.29) is 23.9 Å². The van der Waals surface area contributed by atoms with Crippen molar-refractivity contribution in [1.82, 2.24) is 4.90 Å². The summed E-state index contributed by atoms with van der Waals surface area (Å²) < 4.78 is 0. The summed E-state index contributed by atoms with van der Waals surface area (Å²) in [5.41, 5.74) is 6.14. The minimum absolute atomic E-state index is 0.00477. The van der Waals surface area contributed by atoms with E-state index in [2.05, 4.69) is 0 Å². The van der Waals surface area contributed by atoms with E-state index >= 15 is 0 Å². The number of nitrogens with two attached hydrogens (primary N) is 1. The molecule has 4 heteroatoms. The van der Waals surface area contributed by atoms with E-state index in [1.165, 1.54) is 11.3 Å². The summed E-state index contributed by atoms with van der Waals surface area (Å²) in [7, 11) is 0. The Kier molecular flexibility index (Phi) is 4.15. The van der Waals surface area contributed by atoms with Gasteiger partial charge in [0.1, 0.15) is 0 Å². The van der Waals surface area contributed by atoms with E-state index in [0.717, 1.165) is 38.5 Å². The highest BCUT2D eigenvalue weighted by atomic mass is 16.2. The predicted molar refractivity (Wildman–Crippen MR) is 65.2 cm³/mol. The van der Waals surface area contributed by atoms with E-state index < -0.39 is 0 Å². The van der Waals surface area contributed by atoms with Crippen molar-refractivity contribution in [3.05, 3.63) is 0 Å². The number of carbonyl (C=O) groups excluding carboxylic acids is 2. The van der Waals surface area contributed by atoms with Crippen molar-refractivity contribution in [2.45, 2.75) is 69.9 Å². The summed E-state index contributed by atoms with van der Waals surface area (Å²) in [4.78, 5) is 25.6. The standard InChI is InChI=1S/C13H22N2O2/c14-10-6-2-1-3-7-11(10)15-12(16)8-4-5-9-13(15)17/h10-11H,1-9,14H2. The maximum absolute atomic E-state index is 12.0. The van der Waals surface area contributed by atoms with Crippen LogP contribution in [0.4, 0.5) is 0 Å². The second kappa shape index (κ2) is 5.63. The normalized spacial score (nSPS) is 32.2. The molecule has 0 aromatic heterocycles. The Hall–Kier alpha value is -0.900. The predicted octanol–water partition coefficient (Wildman–Crippen LogP) is 1.58. The van der Waals surface area contributed by atoms with Crippen LogP contribution in [-0.4, -0.2) is 28.8 Å². The molecule has 2 fully saturated rings. The summed E-state index contributed by atoms with van der Waals surface area (Å²) in [5.74, 6) is -0.00954. The van der Waals surface area contributed by atoms with Crippen molar-refractivity contribution in [2.75, 3.05) is 0 Å². The van der Waals surface area contributed by atoms with Gasteiger partial charge in [-0.1, -0.05) is 19.3 Å². The van der Waals surface area contributed by atoms with Crippen LogP contribution >= 0.6 is 0 Å². The van der Waals surface area contributed by atoms with Crippen LogP contribution in [0.2, 0.25) is 0 Å². The van der Waals surface area contributed by atoms with Gasteiger partial charge in [-0.2, -0.15) is 0 Å². The van der Waals surface area contributed by atoms with Gasteiger partial charge in [0.05, 0.1) is 6.04 Å². The lowest BCUT2D eigenvalue weighted by atomic mass is 10.0. The first-order chi connectivity index (χ1) is 8.20. The third-order valence-electron chi connectivity index (χ3n) is 3.93. The van der Waals surface area contributed by atoms with E-state index in [0.29, 0.717) is 12.8 Å². The van der Waals surface area contributed by atoms with Crippen LogP contribution in [0.25, 0.3) is 0 Å². The highest BCUT2D eigenvalue weighted by molar-refractivity contribution is 5.96. The quantitative estimate of drug-likeness (QED) is 0.557. The molecule has 1 saturated heterocycles. The molecular formula is C13H22N2O2. The maximum atomic E-state index is 12.0. The average Bonchev–Trinajstić information content (AvgIpc) is 2.59. The Balaban J connectivity index is 2.15. The van der Waals surface area contributed by atoms with Crippen molar-refractivity contribution < 1.29 is 9.59 Å². The molecule has 2 atom stereocenters. The van der Waals surface area contributed by atoms with Gasteiger partial charge < -0.3 is 5.73 Å². The molecule has 1 saturated carbocycles. The van der Waals surface area contributed by atoms with E-state index in [9.17, 15) is 9.59 Å². The molecule has 2 amide bonds. The van der Waals surface area contributed by atoms with Gasteiger partial charge in [0, 0.05) is 18.9 Å². The monoisotopic (exact) mass is 238 g/mol. The van der Waals surface area contributed by atoms with Crippen molar-refractivity contribution >= 4 is 11.8 Å². The van der Waals surface area contributed by atoms with E-state index in [4.69, 9.17) is 5.73 Å². The van der Waals surface area contributed by atoms with Crippen molar-refractivity contribution in [2.24, 2.45) is 5.73 Å². The number of carbonyl (C=O) groups is 2. The molecule has 0 spiro atoms. The molecule has 2 rings (SSSR count). The Morgan fingerprint density at radius 2 is 1.47 bits per heavy atom. The first-order valence-electron chi connectivity index (χ1n) is 6.80. The Labute approximate surface area is 103 Å². The summed E-state index contributed by atoms with van der Waals surface area (Å²) in [6.07, 6.45) is 7.88. The van der Waals surface area contributed by atoms with Gasteiger partial charge in [0.15, 0.2) is 0 Å². The molecule has 0 bridgehead atoms. The lowest BCUT2D eigenvalue weighted by Crippen LogP contribution is -2.52. The summed E-state index contributed by atoms with van der Waals surface area (Å²) >= 11 is 0. The summed E-state index contributed by atoms with van der Waals surface area (Å²) in [5, 5.41) is 0. The first kappa shape index (κ1) is 12.6. The number of imide groups is 1. The molecule has 2 unspecified atom stereocenters. The highest BCUT2D eigenvalue weighted by Crippen LogP contribution is 2.25. The van der Waals surface area contributed by atoms with Gasteiger partial charge in [-0.25, -0.2) is 0 Å². The maximum Gasteiger partial charge on any atom is 0.229 e. The first-order valence-corrected chi connectivity index (χ1v) is 6.80. The topological polar surface area (TPSA) is 63.4 Å². The lowest BCUT2D eigenvalue weighted by molar-refractivity contribution is -0.147. The minimum Gasteiger partial charge on any atom is -0.326 e. The van der Waals surface area contributed by atoms with Gasteiger partial charge in [-0.3, -0.25) is 14.5 Å². The second-order valence-corrected chi connectivity index (χ2v) is 5.23. The van der Waals surface area contributed by atoms with Crippen LogP contribution in [-0.2, 0) is 9.59 Å². The van der Waals surface area contributed by atoms with Crippen LogP contribution in [0.15, 0.2) is 0 Å². The largest absolute Gasteiger partial charge is 0.326 e. The van der Waals surface area contributed by atoms with Gasteiger partial charge in [0.25, 0.3) is 0 Å². The third-order valence-corrected chi connectivity index (χ3v) is 3.93. The fraction of sp³-hybridized carbons (Fsp3) is 0.846. The molecule has 96 valence electrons. The zero-order valence-electron chi connectivity index (χ0n) is 10.4. The van der Waals surface area contributed by atoms with Crippen LogP contribution in [0.5, 0.6) is 0 Å². The van der Waals surface area contributed by atoms with Crippen molar-refractivity contribution in [3.8, 4) is 0 Å². The van der Waals surface area contributed by atoms with E-state index in [1.807, 2.05) is 0 Å². The van der Waals surface area contributed by atoms with Crippen molar-refractivity contribution in [1.29, 1.82) is 0 Å². The van der Waals surface area contributed by atoms with E-state index in [1.54, 1.807) is 0 Å². The zero-order chi connectivity index (χ0) is 12.3. The molecule has 4 nitrogen and oxygen atoms in total. The molecular weight excluding hydrogens is 216 g/mol. The van der Waals surface area contributed by atoms with Crippen LogP contribution in [0, 0.1) is 0 Å². The number of likely N-dealkylation sites (tertiary alicyclic amines) is 1. The smallest absolute Gasteiger partial charge is 0.229 e. The molecule has 0 aromatic rings. The SMILES string of the molecule is NC1CCCCCC1N1C(=O)CCCCC1=O. The fourth-order valence-corrected chi connectivity index (χ4v) is 2.94. The summed E-state index contributed by atoms with van der Waals surface area (Å²) in [6.45, 7) is 0. The molecule has 1 aliphatic heterocycles. The van der Waals surface area contributed by atoms with Crippen LogP contribution in [0.1, 0.15) is 57.8 Å². The number of hydrogen-bond donors (Lipinski definition) is 1. The number of nitrogens with zero attached hydrogens (tertiary/aromatic N) is 1. The Morgan fingerprint density at radius 3 is 2.12 bits per heavy atom. The Morgan fingerprint density at radius 1 is 0.882 bits per heavy atom. The van der Waals surface area contributed by atoms with Crippen molar-refractivity contribution in [3.63, 3.8) is 0 Å². The molecule has 1 heterocycles. The molecule has 2 N–H and O–H groups in total. The van der Waals surface area contributed by atoms with Crippen LogP contribution < -0.4 is 5.73 Å². The molecule has 1 aliphatic carbocycles. The van der Waals surface area contributed by atoms with Gasteiger partial charge in [0.2, 0.25) is 11.8 Å². The average molecular weight is 238 g/mol. The highest BCUT2D eigenvalue weighted by Gasteiger charge is 2.34. The van der Waals surface area contributed by atoms with Gasteiger partial charge in [-0.15, -0.1) is 0 Å². The zero-order valence-corrected chi connectivity index (χ0v) is 10.4. The number of amides is 2. The second-order valence-electron chi connectivity index (χ2n) is 5.23. The summed E-state index contributed by atoms with van der Waals surface area (Å²) in [6, 6.07) is -0.0703. The van der Waals surface area contributed by atoms with Gasteiger partial charge >= 0.3 is 0 Å². The molecule has 2 aliphatic rings. The minimum atomic E-state index is -0.0457. The number of hydrogen-bond acceptors (Lipinski definition) is 3. The number of rotatable bonds is 1. The molecule has 17 heavy (non-hydrogen) atoms.